The molecule has 0 heterocycles. The molecule has 2 N–H and O–H groups in total. The predicted molar refractivity (Wildman–Crippen MR) is 109 cm³/mol. The monoisotopic (exact) mass is 386 g/mol. The molecule has 0 aliphatic rings. The summed E-state index contributed by atoms with van der Waals surface area (Å²) in [6.45, 7) is 2.41. The molecule has 0 fully saturated rings. The molecule has 0 spiro atoms. The van der Waals surface area contributed by atoms with Gasteiger partial charge in [-0.15, -0.1) is 0 Å². The van der Waals surface area contributed by atoms with Gasteiger partial charge in [-0.3, -0.25) is 9.59 Å². The average molecular weight is 387 g/mol. The second-order valence-corrected chi connectivity index (χ2v) is 7.59. The molecule has 1 unspecified atom stereocenters. The number of hydrogen-bond acceptors (Lipinski definition) is 4. The van der Waals surface area contributed by atoms with E-state index in [0.29, 0.717) is 12.8 Å². The Labute approximate surface area is 165 Å². The number of carboxylic acids is 1. The Hall–Kier alpha value is -1.10. The molecule has 0 aromatic heterocycles. The van der Waals surface area contributed by atoms with Gasteiger partial charge in [0.2, 0.25) is 0 Å². The number of aliphatic hydroxyl groups excluding tert-OH is 1. The lowest BCUT2D eigenvalue weighted by atomic mass is 10.0. The number of hydrogen-bond donors (Lipinski definition) is 2. The van der Waals surface area contributed by atoms with Crippen molar-refractivity contribution in [3.8, 4) is 0 Å². The van der Waals surface area contributed by atoms with Gasteiger partial charge in [0.1, 0.15) is 0 Å². The molecule has 0 saturated carbocycles. The molecule has 0 aliphatic heterocycles. The maximum atomic E-state index is 11.5. The van der Waals surface area contributed by atoms with Crippen molar-refractivity contribution in [2.45, 2.75) is 122 Å². The minimum absolute atomic E-state index is 0.0468. The lowest BCUT2D eigenvalue weighted by Gasteiger charge is -2.10. The molecule has 0 aromatic rings. The van der Waals surface area contributed by atoms with Crippen LogP contribution in [-0.4, -0.2) is 34.9 Å². The summed E-state index contributed by atoms with van der Waals surface area (Å²) >= 11 is 0. The number of aliphatic carboxylic acids is 1. The number of rotatable bonds is 20. The van der Waals surface area contributed by atoms with Gasteiger partial charge in [0, 0.05) is 12.8 Å². The van der Waals surface area contributed by atoms with E-state index in [2.05, 4.69) is 6.92 Å². The van der Waals surface area contributed by atoms with Gasteiger partial charge in [0.15, 0.2) is 0 Å². The molecule has 0 aromatic carbocycles. The van der Waals surface area contributed by atoms with Crippen LogP contribution in [0.3, 0.4) is 0 Å². The van der Waals surface area contributed by atoms with Crippen molar-refractivity contribution in [2.75, 3.05) is 6.61 Å². The summed E-state index contributed by atoms with van der Waals surface area (Å²) in [5.41, 5.74) is 0. The van der Waals surface area contributed by atoms with Crippen molar-refractivity contribution in [1.29, 1.82) is 0 Å². The molecule has 5 heteroatoms. The van der Waals surface area contributed by atoms with Crippen molar-refractivity contribution < 1.29 is 24.5 Å². The molecular formula is C22H42O5. The van der Waals surface area contributed by atoms with Gasteiger partial charge in [-0.2, -0.15) is 0 Å². The largest absolute Gasteiger partial charge is 0.481 e. The van der Waals surface area contributed by atoms with Crippen LogP contribution < -0.4 is 0 Å². The van der Waals surface area contributed by atoms with Crippen LogP contribution in [0.4, 0.5) is 0 Å². The zero-order chi connectivity index (χ0) is 20.2. The van der Waals surface area contributed by atoms with Gasteiger partial charge >= 0.3 is 11.9 Å². The topological polar surface area (TPSA) is 83.8 Å². The zero-order valence-electron chi connectivity index (χ0n) is 17.4. The Morgan fingerprint density at radius 1 is 0.741 bits per heavy atom. The molecule has 0 saturated heterocycles. The summed E-state index contributed by atoms with van der Waals surface area (Å²) in [6.07, 6.45) is 16.6. The van der Waals surface area contributed by atoms with Crippen LogP contribution in [0.15, 0.2) is 0 Å². The van der Waals surface area contributed by atoms with E-state index in [9.17, 15) is 14.7 Å². The summed E-state index contributed by atoms with van der Waals surface area (Å²) < 4.78 is 5.00. The Kier molecular flexibility index (Phi) is 18.9. The van der Waals surface area contributed by atoms with E-state index in [1.165, 1.54) is 44.9 Å². The standard InChI is InChI=1S/C22H42O5/c1-2-3-4-11-15-20(23)16-12-9-7-5-6-8-10-13-18-22(26)27-19-14-17-21(24)25/h20,23H,2-19H2,1H3,(H,24,25). The summed E-state index contributed by atoms with van der Waals surface area (Å²) in [7, 11) is 0. The Morgan fingerprint density at radius 3 is 1.81 bits per heavy atom. The molecule has 1 atom stereocenters. The first-order chi connectivity index (χ1) is 13.1. The highest BCUT2D eigenvalue weighted by Gasteiger charge is 2.05. The third-order valence-corrected chi connectivity index (χ3v) is 4.86. The van der Waals surface area contributed by atoms with E-state index in [0.717, 1.165) is 44.9 Å². The van der Waals surface area contributed by atoms with Gasteiger partial charge in [0.05, 0.1) is 12.7 Å². The predicted octanol–water partition coefficient (Wildman–Crippen LogP) is 5.63. The molecule has 0 radical (unpaired) electrons. The van der Waals surface area contributed by atoms with Crippen molar-refractivity contribution in [3.05, 3.63) is 0 Å². The van der Waals surface area contributed by atoms with Crippen molar-refractivity contribution >= 4 is 11.9 Å². The molecule has 0 amide bonds. The number of carbonyl (C=O) groups excluding carboxylic acids is 1. The Balaban J connectivity index is 3.24. The van der Waals surface area contributed by atoms with Crippen molar-refractivity contribution in [1.82, 2.24) is 0 Å². The molecule has 0 aliphatic carbocycles. The van der Waals surface area contributed by atoms with E-state index in [4.69, 9.17) is 9.84 Å². The molecule has 160 valence electrons. The molecule has 0 bridgehead atoms. The third kappa shape index (κ3) is 21.1. The van der Waals surface area contributed by atoms with E-state index in [1.54, 1.807) is 0 Å². The van der Waals surface area contributed by atoms with Crippen LogP contribution in [0.5, 0.6) is 0 Å². The summed E-state index contributed by atoms with van der Waals surface area (Å²) in [4.78, 5) is 21.8. The van der Waals surface area contributed by atoms with Crippen LogP contribution in [0.25, 0.3) is 0 Å². The first-order valence-corrected chi connectivity index (χ1v) is 11.1. The number of esters is 1. The molecule has 5 nitrogen and oxygen atoms in total. The number of carboxylic acid groups (broad SMARTS) is 1. The minimum atomic E-state index is -0.857. The number of ether oxygens (including phenoxy) is 1. The lowest BCUT2D eigenvalue weighted by Crippen LogP contribution is -2.07. The fourth-order valence-electron chi connectivity index (χ4n) is 3.14. The van der Waals surface area contributed by atoms with Crippen molar-refractivity contribution in [2.24, 2.45) is 0 Å². The average Bonchev–Trinajstić information content (AvgIpc) is 2.63. The van der Waals surface area contributed by atoms with Crippen molar-refractivity contribution in [3.63, 3.8) is 0 Å². The van der Waals surface area contributed by atoms with Crippen LogP contribution in [0.2, 0.25) is 0 Å². The minimum Gasteiger partial charge on any atom is -0.481 e. The van der Waals surface area contributed by atoms with Crippen LogP contribution >= 0.6 is 0 Å². The van der Waals surface area contributed by atoms with E-state index < -0.39 is 5.97 Å². The van der Waals surface area contributed by atoms with Gasteiger partial charge in [-0.25, -0.2) is 0 Å². The highest BCUT2D eigenvalue weighted by Crippen LogP contribution is 2.14. The number of unbranched alkanes of at least 4 members (excludes halogenated alkanes) is 10. The fraction of sp³-hybridized carbons (Fsp3) is 0.909. The summed E-state index contributed by atoms with van der Waals surface area (Å²) in [6, 6.07) is 0. The number of aliphatic hydroxyl groups is 1. The Bertz CT molecular complexity index is 357. The van der Waals surface area contributed by atoms with Crippen LogP contribution in [0.1, 0.15) is 116 Å². The smallest absolute Gasteiger partial charge is 0.305 e. The SMILES string of the molecule is CCCCCCC(O)CCCCCCCCCCC(=O)OCCCC(=O)O. The second-order valence-electron chi connectivity index (χ2n) is 7.59. The molecular weight excluding hydrogens is 344 g/mol. The molecule has 0 rings (SSSR count). The second kappa shape index (κ2) is 19.7. The van der Waals surface area contributed by atoms with Gasteiger partial charge < -0.3 is 14.9 Å². The highest BCUT2D eigenvalue weighted by molar-refractivity contribution is 5.69. The highest BCUT2D eigenvalue weighted by atomic mass is 16.5. The fourth-order valence-corrected chi connectivity index (χ4v) is 3.14. The molecule has 27 heavy (non-hydrogen) atoms. The maximum Gasteiger partial charge on any atom is 0.305 e. The normalized spacial score (nSPS) is 12.1. The Morgan fingerprint density at radius 2 is 1.26 bits per heavy atom. The third-order valence-electron chi connectivity index (χ3n) is 4.86. The van der Waals surface area contributed by atoms with Gasteiger partial charge in [0.25, 0.3) is 0 Å². The maximum absolute atomic E-state index is 11.5. The van der Waals surface area contributed by atoms with E-state index in [1.807, 2.05) is 0 Å². The van der Waals surface area contributed by atoms with E-state index in [-0.39, 0.29) is 25.1 Å². The quantitative estimate of drug-likeness (QED) is 0.209. The van der Waals surface area contributed by atoms with Crippen LogP contribution in [0, 0.1) is 0 Å². The summed E-state index contributed by atoms with van der Waals surface area (Å²) in [5, 5.41) is 18.4. The first-order valence-electron chi connectivity index (χ1n) is 11.1. The summed E-state index contributed by atoms with van der Waals surface area (Å²) in [5.74, 6) is -1.07. The van der Waals surface area contributed by atoms with E-state index >= 15 is 0 Å². The van der Waals surface area contributed by atoms with Crippen LogP contribution in [-0.2, 0) is 14.3 Å². The number of carbonyl (C=O) groups is 2. The zero-order valence-corrected chi connectivity index (χ0v) is 17.4. The lowest BCUT2D eigenvalue weighted by molar-refractivity contribution is -0.145. The first kappa shape index (κ1) is 25.9. The van der Waals surface area contributed by atoms with Gasteiger partial charge in [-0.05, 0) is 25.7 Å². The van der Waals surface area contributed by atoms with Gasteiger partial charge in [-0.1, -0.05) is 77.6 Å².